The molecule has 2 aromatic rings. The molecular formula is C18H19BrN2O3S. The van der Waals surface area contributed by atoms with Gasteiger partial charge in [0.2, 0.25) is 5.91 Å². The number of halogens is 1. The van der Waals surface area contributed by atoms with Gasteiger partial charge in [0.15, 0.2) is 11.5 Å². The van der Waals surface area contributed by atoms with Crippen molar-refractivity contribution in [2.45, 2.75) is 18.3 Å². The van der Waals surface area contributed by atoms with Gasteiger partial charge < -0.3 is 14.4 Å². The van der Waals surface area contributed by atoms with E-state index >= 15 is 0 Å². The van der Waals surface area contributed by atoms with Gasteiger partial charge in [-0.1, -0.05) is 22.0 Å². The first-order chi connectivity index (χ1) is 12.1. The second kappa shape index (κ2) is 8.10. The molecule has 1 aromatic carbocycles. The normalized spacial score (nSPS) is 17.5. The summed E-state index contributed by atoms with van der Waals surface area (Å²) in [6.45, 7) is 0.484. The first kappa shape index (κ1) is 18.1. The second-order valence-corrected chi connectivity index (χ2v) is 7.59. The summed E-state index contributed by atoms with van der Waals surface area (Å²) in [5, 5.41) is -0.0996. The van der Waals surface area contributed by atoms with E-state index < -0.39 is 0 Å². The van der Waals surface area contributed by atoms with E-state index in [4.69, 9.17) is 9.47 Å². The summed E-state index contributed by atoms with van der Waals surface area (Å²) in [6, 6.07) is 9.56. The summed E-state index contributed by atoms with van der Waals surface area (Å²) in [6.07, 6.45) is 2.29. The van der Waals surface area contributed by atoms with Crippen molar-refractivity contribution in [2.75, 3.05) is 20.0 Å². The predicted molar refractivity (Wildman–Crippen MR) is 102 cm³/mol. The maximum absolute atomic E-state index is 12.6. The summed E-state index contributed by atoms with van der Waals surface area (Å²) < 4.78 is 11.7. The van der Waals surface area contributed by atoms with Gasteiger partial charge in [0, 0.05) is 28.4 Å². The number of thioether (sulfide) groups is 1. The Morgan fingerprint density at radius 2 is 2.04 bits per heavy atom. The van der Waals surface area contributed by atoms with Crippen LogP contribution in [0.2, 0.25) is 0 Å². The highest BCUT2D eigenvalue weighted by Gasteiger charge is 2.32. The molecule has 0 aliphatic carbocycles. The number of carbonyl (C=O) groups is 1. The Morgan fingerprint density at radius 1 is 1.28 bits per heavy atom. The SMILES string of the molecule is COc1cc(Br)c(C2SCCC(=O)N2Cc2ccccn2)cc1OC. The van der Waals surface area contributed by atoms with Crippen molar-refractivity contribution < 1.29 is 14.3 Å². The van der Waals surface area contributed by atoms with E-state index in [0.29, 0.717) is 24.5 Å². The van der Waals surface area contributed by atoms with Crippen molar-refractivity contribution in [1.82, 2.24) is 9.88 Å². The van der Waals surface area contributed by atoms with Gasteiger partial charge in [0.25, 0.3) is 0 Å². The maximum Gasteiger partial charge on any atom is 0.224 e. The summed E-state index contributed by atoms with van der Waals surface area (Å²) in [7, 11) is 3.22. The second-order valence-electron chi connectivity index (χ2n) is 5.54. The summed E-state index contributed by atoms with van der Waals surface area (Å²) in [4.78, 5) is 18.8. The molecule has 0 saturated carbocycles. The Labute approximate surface area is 159 Å². The zero-order valence-electron chi connectivity index (χ0n) is 14.1. The Morgan fingerprint density at radius 3 is 2.72 bits per heavy atom. The van der Waals surface area contributed by atoms with Crippen molar-refractivity contribution in [2.24, 2.45) is 0 Å². The van der Waals surface area contributed by atoms with E-state index in [2.05, 4.69) is 20.9 Å². The van der Waals surface area contributed by atoms with Crippen molar-refractivity contribution in [1.29, 1.82) is 0 Å². The van der Waals surface area contributed by atoms with Crippen LogP contribution < -0.4 is 9.47 Å². The summed E-state index contributed by atoms with van der Waals surface area (Å²) in [5.74, 6) is 2.23. The monoisotopic (exact) mass is 422 g/mol. The first-order valence-corrected chi connectivity index (χ1v) is 9.70. The molecule has 0 bridgehead atoms. The average molecular weight is 423 g/mol. The Hall–Kier alpha value is -1.73. The molecule has 1 saturated heterocycles. The van der Waals surface area contributed by atoms with E-state index in [-0.39, 0.29) is 11.3 Å². The lowest BCUT2D eigenvalue weighted by atomic mass is 10.1. The van der Waals surface area contributed by atoms with Crippen molar-refractivity contribution >= 4 is 33.6 Å². The largest absolute Gasteiger partial charge is 0.493 e. The number of rotatable bonds is 5. The van der Waals surface area contributed by atoms with Gasteiger partial charge in [-0.05, 0) is 24.3 Å². The molecule has 1 fully saturated rings. The standard InChI is InChI=1S/C18H19BrN2O3S/c1-23-15-9-13(14(19)10-16(15)24-2)18-21(17(22)6-8-25-18)11-12-5-3-4-7-20-12/h3-5,7,9-10,18H,6,8,11H2,1-2H3. The number of benzene rings is 1. The molecule has 132 valence electrons. The molecule has 1 unspecified atom stereocenters. The third-order valence-corrected chi connectivity index (χ3v) is 5.97. The minimum absolute atomic E-state index is 0.0996. The van der Waals surface area contributed by atoms with Crippen molar-refractivity contribution in [3.8, 4) is 11.5 Å². The van der Waals surface area contributed by atoms with E-state index in [1.54, 1.807) is 32.2 Å². The molecule has 1 aromatic heterocycles. The van der Waals surface area contributed by atoms with Crippen LogP contribution in [0, 0.1) is 0 Å². The fourth-order valence-corrected chi connectivity index (χ4v) is 4.73. The minimum Gasteiger partial charge on any atom is -0.493 e. The third-order valence-electron chi connectivity index (χ3n) is 4.02. The number of pyridine rings is 1. The number of methoxy groups -OCH3 is 2. The lowest BCUT2D eigenvalue weighted by Gasteiger charge is -2.36. The highest BCUT2D eigenvalue weighted by molar-refractivity contribution is 9.10. The zero-order valence-corrected chi connectivity index (χ0v) is 16.5. The predicted octanol–water partition coefficient (Wildman–Crippen LogP) is 4.03. The van der Waals surface area contributed by atoms with Gasteiger partial charge in [-0.3, -0.25) is 9.78 Å². The molecule has 0 spiro atoms. The van der Waals surface area contributed by atoms with Gasteiger partial charge >= 0.3 is 0 Å². The Balaban J connectivity index is 1.96. The van der Waals surface area contributed by atoms with Crippen LogP contribution in [0.15, 0.2) is 41.0 Å². The molecule has 1 atom stereocenters. The maximum atomic E-state index is 12.6. The van der Waals surface area contributed by atoms with Crippen molar-refractivity contribution in [3.05, 3.63) is 52.3 Å². The third kappa shape index (κ3) is 3.93. The molecule has 3 rings (SSSR count). The van der Waals surface area contributed by atoms with Crippen LogP contribution in [0.25, 0.3) is 0 Å². The molecule has 2 heterocycles. The van der Waals surface area contributed by atoms with E-state index in [1.807, 2.05) is 35.2 Å². The number of ether oxygens (including phenoxy) is 2. The van der Waals surface area contributed by atoms with E-state index in [0.717, 1.165) is 21.5 Å². The molecular weight excluding hydrogens is 404 g/mol. The molecule has 5 nitrogen and oxygen atoms in total. The summed E-state index contributed by atoms with van der Waals surface area (Å²) >= 11 is 5.36. The number of hydrogen-bond acceptors (Lipinski definition) is 5. The van der Waals surface area contributed by atoms with Gasteiger partial charge in [-0.15, -0.1) is 11.8 Å². The molecule has 25 heavy (non-hydrogen) atoms. The minimum atomic E-state index is -0.0996. The number of hydrogen-bond donors (Lipinski definition) is 0. The Kier molecular flexibility index (Phi) is 5.86. The van der Waals surface area contributed by atoms with E-state index in [1.165, 1.54) is 0 Å². The fraction of sp³-hybridized carbons (Fsp3) is 0.333. The van der Waals surface area contributed by atoms with Crippen molar-refractivity contribution in [3.63, 3.8) is 0 Å². The molecule has 0 N–H and O–H groups in total. The van der Waals surface area contributed by atoms with Crippen LogP contribution in [0.3, 0.4) is 0 Å². The number of amides is 1. The average Bonchev–Trinajstić information content (AvgIpc) is 2.64. The molecule has 1 aliphatic rings. The molecule has 7 heteroatoms. The lowest BCUT2D eigenvalue weighted by molar-refractivity contribution is -0.132. The number of aromatic nitrogens is 1. The topological polar surface area (TPSA) is 51.7 Å². The van der Waals surface area contributed by atoms with Crippen LogP contribution in [-0.4, -0.2) is 35.8 Å². The fourth-order valence-electron chi connectivity index (χ4n) is 2.78. The molecule has 1 aliphatic heterocycles. The Bertz CT molecular complexity index is 757. The van der Waals surface area contributed by atoms with Crippen LogP contribution in [-0.2, 0) is 11.3 Å². The number of carbonyl (C=O) groups excluding carboxylic acids is 1. The van der Waals surface area contributed by atoms with Gasteiger partial charge in [0.1, 0.15) is 5.37 Å². The van der Waals surface area contributed by atoms with E-state index in [9.17, 15) is 4.79 Å². The highest BCUT2D eigenvalue weighted by Crippen LogP contribution is 2.44. The van der Waals surface area contributed by atoms with Gasteiger partial charge in [0.05, 0.1) is 26.5 Å². The lowest BCUT2D eigenvalue weighted by Crippen LogP contribution is -2.37. The first-order valence-electron chi connectivity index (χ1n) is 7.86. The van der Waals surface area contributed by atoms with Gasteiger partial charge in [-0.25, -0.2) is 0 Å². The number of nitrogens with zero attached hydrogens (tertiary/aromatic N) is 2. The smallest absolute Gasteiger partial charge is 0.224 e. The zero-order chi connectivity index (χ0) is 17.8. The van der Waals surface area contributed by atoms with Crippen LogP contribution in [0.5, 0.6) is 11.5 Å². The van der Waals surface area contributed by atoms with Crippen LogP contribution in [0.4, 0.5) is 0 Å². The molecule has 0 radical (unpaired) electrons. The quantitative estimate of drug-likeness (QED) is 0.727. The molecule has 1 amide bonds. The van der Waals surface area contributed by atoms with Crippen LogP contribution in [0.1, 0.15) is 23.1 Å². The highest BCUT2D eigenvalue weighted by atomic mass is 79.9. The van der Waals surface area contributed by atoms with Crippen LogP contribution >= 0.6 is 27.7 Å². The summed E-state index contributed by atoms with van der Waals surface area (Å²) in [5.41, 5.74) is 1.87. The van der Waals surface area contributed by atoms with Gasteiger partial charge in [-0.2, -0.15) is 0 Å².